The Morgan fingerprint density at radius 2 is 2.12 bits per heavy atom. The number of hydrogen-bond acceptors (Lipinski definition) is 5. The lowest BCUT2D eigenvalue weighted by Crippen LogP contribution is -1.91. The van der Waals surface area contributed by atoms with E-state index in [1.807, 2.05) is 6.92 Å². The van der Waals surface area contributed by atoms with Gasteiger partial charge in [0, 0.05) is 13.0 Å². The predicted octanol–water partition coefficient (Wildman–Crippen LogP) is 2.05. The van der Waals surface area contributed by atoms with Gasteiger partial charge in [-0.3, -0.25) is 4.40 Å². The van der Waals surface area contributed by atoms with E-state index in [4.69, 9.17) is 16.0 Å². The van der Waals surface area contributed by atoms with Gasteiger partial charge in [0.05, 0.1) is 5.69 Å². The van der Waals surface area contributed by atoms with Gasteiger partial charge in [0.25, 0.3) is 0 Å². The largest absolute Gasteiger partial charge is 0.437 e. The molecule has 0 aliphatic carbocycles. The SMILES string of the molecule is Cc1nc(C)c(-c2nnc3cc(Cl)ncn23)o1. The maximum atomic E-state index is 5.78. The number of rotatable bonds is 1. The van der Waals surface area contributed by atoms with Crippen molar-refractivity contribution in [1.29, 1.82) is 0 Å². The van der Waals surface area contributed by atoms with Crippen LogP contribution in [-0.4, -0.2) is 24.6 Å². The number of hydrogen-bond donors (Lipinski definition) is 0. The average Bonchev–Trinajstić information content (AvgIpc) is 2.81. The molecule has 17 heavy (non-hydrogen) atoms. The molecule has 0 unspecified atom stereocenters. The molecule has 0 bridgehead atoms. The number of oxazole rings is 1. The highest BCUT2D eigenvalue weighted by molar-refractivity contribution is 6.29. The Labute approximate surface area is 101 Å². The lowest BCUT2D eigenvalue weighted by atomic mass is 10.3. The van der Waals surface area contributed by atoms with Crippen molar-refractivity contribution < 1.29 is 4.42 Å². The summed E-state index contributed by atoms with van der Waals surface area (Å²) >= 11 is 5.78. The second-order valence-electron chi connectivity index (χ2n) is 3.61. The molecule has 86 valence electrons. The average molecular weight is 250 g/mol. The zero-order valence-electron chi connectivity index (χ0n) is 9.18. The molecule has 0 aromatic carbocycles. The first kappa shape index (κ1) is 10.2. The third kappa shape index (κ3) is 1.57. The van der Waals surface area contributed by atoms with E-state index in [1.165, 1.54) is 0 Å². The van der Waals surface area contributed by atoms with Crippen LogP contribution in [0.4, 0.5) is 0 Å². The molecule has 3 rings (SSSR count). The molecule has 0 aliphatic heterocycles. The summed E-state index contributed by atoms with van der Waals surface area (Å²) in [7, 11) is 0. The van der Waals surface area contributed by atoms with Gasteiger partial charge < -0.3 is 4.42 Å². The minimum atomic E-state index is 0.377. The lowest BCUT2D eigenvalue weighted by Gasteiger charge is -1.96. The third-order valence-electron chi connectivity index (χ3n) is 2.37. The lowest BCUT2D eigenvalue weighted by molar-refractivity contribution is 0.529. The van der Waals surface area contributed by atoms with Crippen molar-refractivity contribution in [3.05, 3.63) is 29.1 Å². The molecule has 0 amide bonds. The maximum absolute atomic E-state index is 5.78. The highest BCUT2D eigenvalue weighted by Gasteiger charge is 2.16. The predicted molar refractivity (Wildman–Crippen MR) is 60.8 cm³/mol. The van der Waals surface area contributed by atoms with E-state index >= 15 is 0 Å². The fourth-order valence-electron chi connectivity index (χ4n) is 1.67. The first-order chi connectivity index (χ1) is 8.15. The summed E-state index contributed by atoms with van der Waals surface area (Å²) in [6.07, 6.45) is 1.56. The molecular weight excluding hydrogens is 242 g/mol. The fraction of sp³-hybridized carbons (Fsp3) is 0.200. The van der Waals surface area contributed by atoms with Crippen molar-refractivity contribution >= 4 is 17.2 Å². The Hall–Kier alpha value is -1.95. The molecule has 0 atom stereocenters. The van der Waals surface area contributed by atoms with Gasteiger partial charge in [0.2, 0.25) is 5.82 Å². The molecule has 3 aromatic heterocycles. The molecule has 6 nitrogen and oxygen atoms in total. The molecular formula is C10H8ClN5O. The zero-order valence-corrected chi connectivity index (χ0v) is 9.93. The second-order valence-corrected chi connectivity index (χ2v) is 4.00. The number of aryl methyl sites for hydroxylation is 2. The van der Waals surface area contributed by atoms with Crippen molar-refractivity contribution in [2.45, 2.75) is 13.8 Å². The minimum absolute atomic E-state index is 0.377. The summed E-state index contributed by atoms with van der Waals surface area (Å²) in [5.74, 6) is 1.76. The van der Waals surface area contributed by atoms with Gasteiger partial charge in [-0.1, -0.05) is 11.6 Å². The molecule has 0 N–H and O–H groups in total. The van der Waals surface area contributed by atoms with Crippen LogP contribution in [0.1, 0.15) is 11.6 Å². The number of aromatic nitrogens is 5. The number of fused-ring (bicyclic) bond motifs is 1. The molecule has 0 spiro atoms. The first-order valence-corrected chi connectivity index (χ1v) is 5.33. The monoisotopic (exact) mass is 249 g/mol. The van der Waals surface area contributed by atoms with Crippen molar-refractivity contribution in [3.63, 3.8) is 0 Å². The molecule has 0 radical (unpaired) electrons. The molecule has 0 fully saturated rings. The van der Waals surface area contributed by atoms with E-state index in [2.05, 4.69) is 20.2 Å². The summed E-state index contributed by atoms with van der Waals surface area (Å²) in [6, 6.07) is 1.64. The standard InChI is InChI=1S/C10H8ClN5O/c1-5-9(17-6(2)13-5)10-15-14-8-3-7(11)12-4-16(8)10/h3-4H,1-2H3. The Kier molecular flexibility index (Phi) is 2.12. The summed E-state index contributed by atoms with van der Waals surface area (Å²) < 4.78 is 7.21. The molecule has 3 heterocycles. The summed E-state index contributed by atoms with van der Waals surface area (Å²) in [6.45, 7) is 3.64. The van der Waals surface area contributed by atoms with Crippen LogP contribution in [0.5, 0.6) is 0 Å². The van der Waals surface area contributed by atoms with E-state index in [1.54, 1.807) is 23.7 Å². The summed E-state index contributed by atoms with van der Waals surface area (Å²) in [4.78, 5) is 8.19. The first-order valence-electron chi connectivity index (χ1n) is 4.96. The molecule has 7 heteroatoms. The van der Waals surface area contributed by atoms with Crippen molar-refractivity contribution in [3.8, 4) is 11.6 Å². The molecule has 3 aromatic rings. The second kappa shape index (κ2) is 3.53. The highest BCUT2D eigenvalue weighted by atomic mass is 35.5. The third-order valence-corrected chi connectivity index (χ3v) is 2.58. The Morgan fingerprint density at radius 3 is 2.82 bits per heavy atom. The van der Waals surface area contributed by atoms with E-state index in [9.17, 15) is 0 Å². The minimum Gasteiger partial charge on any atom is -0.437 e. The van der Waals surface area contributed by atoms with Crippen LogP contribution < -0.4 is 0 Å². The van der Waals surface area contributed by atoms with E-state index in [-0.39, 0.29) is 0 Å². The summed E-state index contributed by atoms with van der Waals surface area (Å²) in [5, 5.41) is 8.45. The van der Waals surface area contributed by atoms with Crippen molar-refractivity contribution in [1.82, 2.24) is 24.6 Å². The number of nitrogens with zero attached hydrogens (tertiary/aromatic N) is 5. The zero-order chi connectivity index (χ0) is 12.0. The van der Waals surface area contributed by atoms with Crippen LogP contribution in [0.25, 0.3) is 17.2 Å². The Bertz CT molecular complexity index is 702. The molecule has 0 aliphatic rings. The molecule has 0 saturated carbocycles. The van der Waals surface area contributed by atoms with Gasteiger partial charge >= 0.3 is 0 Å². The quantitative estimate of drug-likeness (QED) is 0.618. The normalized spacial score (nSPS) is 11.2. The summed E-state index contributed by atoms with van der Waals surface area (Å²) in [5.41, 5.74) is 1.39. The van der Waals surface area contributed by atoms with Crippen LogP contribution in [0, 0.1) is 13.8 Å². The topological polar surface area (TPSA) is 69.1 Å². The van der Waals surface area contributed by atoms with Crippen LogP contribution in [0.2, 0.25) is 5.15 Å². The van der Waals surface area contributed by atoms with Gasteiger partial charge in [-0.15, -0.1) is 10.2 Å². The maximum Gasteiger partial charge on any atom is 0.207 e. The van der Waals surface area contributed by atoms with E-state index < -0.39 is 0 Å². The Balaban J connectivity index is 2.28. The van der Waals surface area contributed by atoms with Crippen molar-refractivity contribution in [2.75, 3.05) is 0 Å². The van der Waals surface area contributed by atoms with Gasteiger partial charge in [-0.25, -0.2) is 9.97 Å². The highest BCUT2D eigenvalue weighted by Crippen LogP contribution is 2.23. The van der Waals surface area contributed by atoms with Crippen LogP contribution >= 0.6 is 11.6 Å². The van der Waals surface area contributed by atoms with Gasteiger partial charge in [0.1, 0.15) is 11.5 Å². The molecule has 0 saturated heterocycles. The fourth-order valence-corrected chi connectivity index (χ4v) is 1.81. The van der Waals surface area contributed by atoms with Crippen LogP contribution in [0.3, 0.4) is 0 Å². The van der Waals surface area contributed by atoms with Crippen molar-refractivity contribution in [2.24, 2.45) is 0 Å². The van der Waals surface area contributed by atoms with Gasteiger partial charge in [-0.05, 0) is 6.92 Å². The van der Waals surface area contributed by atoms with E-state index in [0.29, 0.717) is 28.3 Å². The van der Waals surface area contributed by atoms with Gasteiger partial charge in [0.15, 0.2) is 17.3 Å². The van der Waals surface area contributed by atoms with E-state index in [0.717, 1.165) is 5.69 Å². The van der Waals surface area contributed by atoms with Crippen LogP contribution in [0.15, 0.2) is 16.8 Å². The van der Waals surface area contributed by atoms with Crippen LogP contribution in [-0.2, 0) is 0 Å². The smallest absolute Gasteiger partial charge is 0.207 e. The number of halogens is 1. The van der Waals surface area contributed by atoms with Gasteiger partial charge in [-0.2, -0.15) is 0 Å². The Morgan fingerprint density at radius 1 is 1.29 bits per heavy atom.